The van der Waals surface area contributed by atoms with Crippen molar-refractivity contribution in [3.05, 3.63) is 42.1 Å². The number of nitrogens with zero attached hydrogens (tertiary/aromatic N) is 3. The molecule has 6 heteroatoms. The van der Waals surface area contributed by atoms with Gasteiger partial charge in [0.2, 0.25) is 5.91 Å². The van der Waals surface area contributed by atoms with Crippen molar-refractivity contribution in [1.29, 1.82) is 0 Å². The summed E-state index contributed by atoms with van der Waals surface area (Å²) >= 11 is 0. The molecule has 0 bridgehead atoms. The number of β-amino-alcohol motifs (C(OH)–C–C–N with tert-alkyl or cyclic N) is 1. The van der Waals surface area contributed by atoms with Gasteiger partial charge in [0.05, 0.1) is 23.5 Å². The molecule has 140 valence electrons. The number of hydrogen-bond acceptors (Lipinski definition) is 4. The molecule has 1 aliphatic heterocycles. The fraction of sp³-hybridized carbons (Fsp3) is 0.500. The van der Waals surface area contributed by atoms with Gasteiger partial charge in [0, 0.05) is 24.6 Å². The summed E-state index contributed by atoms with van der Waals surface area (Å²) < 4.78 is 1.78. The number of nitrogens with one attached hydrogen (secondary N) is 1. The van der Waals surface area contributed by atoms with E-state index >= 15 is 0 Å². The summed E-state index contributed by atoms with van der Waals surface area (Å²) in [6, 6.07) is 11.7. The smallest absolute Gasteiger partial charge is 0.239 e. The number of benzene rings is 1. The maximum atomic E-state index is 12.5. The molecule has 0 saturated carbocycles. The van der Waals surface area contributed by atoms with Crippen LogP contribution in [-0.2, 0) is 10.2 Å². The highest BCUT2D eigenvalue weighted by Crippen LogP contribution is 2.26. The van der Waals surface area contributed by atoms with Crippen LogP contribution < -0.4 is 5.32 Å². The van der Waals surface area contributed by atoms with Crippen molar-refractivity contribution in [1.82, 2.24) is 14.7 Å². The van der Waals surface area contributed by atoms with E-state index in [1.54, 1.807) is 4.68 Å². The lowest BCUT2D eigenvalue weighted by Gasteiger charge is -2.18. The number of rotatable bonds is 4. The van der Waals surface area contributed by atoms with Gasteiger partial charge in [-0.25, -0.2) is 4.68 Å². The summed E-state index contributed by atoms with van der Waals surface area (Å²) in [5.74, 6) is 0.567. The number of amides is 1. The molecule has 0 spiro atoms. The molecular formula is C20H28N4O2. The molecule has 2 heterocycles. The predicted molar refractivity (Wildman–Crippen MR) is 103 cm³/mol. The largest absolute Gasteiger partial charge is 0.389 e. The van der Waals surface area contributed by atoms with E-state index in [0.717, 1.165) is 17.9 Å². The Labute approximate surface area is 154 Å². The molecule has 2 N–H and O–H groups in total. The second kappa shape index (κ2) is 6.85. The van der Waals surface area contributed by atoms with Crippen molar-refractivity contribution in [3.8, 4) is 5.69 Å². The third-order valence-corrected chi connectivity index (χ3v) is 4.64. The molecule has 1 atom stereocenters. The molecular weight excluding hydrogens is 328 g/mol. The van der Waals surface area contributed by atoms with Crippen molar-refractivity contribution in [2.45, 2.75) is 45.1 Å². The van der Waals surface area contributed by atoms with Crippen molar-refractivity contribution in [2.24, 2.45) is 0 Å². The molecule has 2 aromatic rings. The van der Waals surface area contributed by atoms with Gasteiger partial charge in [0.1, 0.15) is 5.82 Å². The van der Waals surface area contributed by atoms with Gasteiger partial charge in [0.25, 0.3) is 0 Å². The van der Waals surface area contributed by atoms with E-state index in [-0.39, 0.29) is 17.9 Å². The Hall–Kier alpha value is -2.18. The Morgan fingerprint density at radius 3 is 2.58 bits per heavy atom. The number of carbonyl (C=O) groups excluding carboxylic acids is 1. The zero-order chi connectivity index (χ0) is 18.9. The molecule has 3 rings (SSSR count). The number of anilines is 1. The van der Waals surface area contributed by atoms with Gasteiger partial charge in [-0.3, -0.25) is 9.69 Å². The minimum Gasteiger partial charge on any atom is -0.389 e. The summed E-state index contributed by atoms with van der Waals surface area (Å²) in [5, 5.41) is 17.8. The third kappa shape index (κ3) is 4.31. The Morgan fingerprint density at radius 1 is 1.31 bits per heavy atom. The van der Waals surface area contributed by atoms with Crippen molar-refractivity contribution in [2.75, 3.05) is 25.0 Å². The summed E-state index contributed by atoms with van der Waals surface area (Å²) in [4.78, 5) is 14.5. The molecule has 26 heavy (non-hydrogen) atoms. The number of carbonyl (C=O) groups is 1. The van der Waals surface area contributed by atoms with Gasteiger partial charge >= 0.3 is 0 Å². The lowest BCUT2D eigenvalue weighted by atomic mass is 9.92. The van der Waals surface area contributed by atoms with Gasteiger partial charge in [-0.1, -0.05) is 39.0 Å². The Morgan fingerprint density at radius 2 is 2.00 bits per heavy atom. The van der Waals surface area contributed by atoms with E-state index in [1.807, 2.05) is 48.2 Å². The average molecular weight is 356 g/mol. The first-order valence-electron chi connectivity index (χ1n) is 9.05. The lowest BCUT2D eigenvalue weighted by molar-refractivity contribution is -0.117. The predicted octanol–water partition coefficient (Wildman–Crippen LogP) is 2.57. The van der Waals surface area contributed by atoms with Gasteiger partial charge in [-0.2, -0.15) is 5.10 Å². The molecule has 0 radical (unpaired) electrons. The molecule has 1 aliphatic rings. The summed E-state index contributed by atoms with van der Waals surface area (Å²) in [6.45, 7) is 9.62. The SMILES string of the molecule is CC1(O)CCN(CC(=O)Nc2cc(C(C)(C)C)nn2-c2ccccc2)C1. The van der Waals surface area contributed by atoms with Crippen LogP contribution in [0.4, 0.5) is 5.82 Å². The topological polar surface area (TPSA) is 70.4 Å². The number of likely N-dealkylation sites (tertiary alicyclic amines) is 1. The highest BCUT2D eigenvalue weighted by Gasteiger charge is 2.32. The first-order valence-corrected chi connectivity index (χ1v) is 9.05. The zero-order valence-electron chi connectivity index (χ0n) is 16.0. The fourth-order valence-electron chi connectivity index (χ4n) is 3.16. The van der Waals surface area contributed by atoms with Crippen LogP contribution in [0.25, 0.3) is 5.69 Å². The zero-order valence-corrected chi connectivity index (χ0v) is 16.0. The second-order valence-corrected chi connectivity index (χ2v) is 8.42. The number of aliphatic hydroxyl groups is 1. The number of aromatic nitrogens is 2. The van der Waals surface area contributed by atoms with Gasteiger partial charge in [-0.15, -0.1) is 0 Å². The Kier molecular flexibility index (Phi) is 4.90. The lowest BCUT2D eigenvalue weighted by Crippen LogP contribution is -2.35. The van der Waals surface area contributed by atoms with Crippen LogP contribution in [0.2, 0.25) is 0 Å². The van der Waals surface area contributed by atoms with Gasteiger partial charge < -0.3 is 10.4 Å². The minimum atomic E-state index is -0.703. The van der Waals surface area contributed by atoms with E-state index in [9.17, 15) is 9.90 Å². The highest BCUT2D eigenvalue weighted by molar-refractivity contribution is 5.91. The normalized spacial score (nSPS) is 21.1. The maximum Gasteiger partial charge on any atom is 0.239 e. The van der Waals surface area contributed by atoms with Crippen LogP contribution in [0, 0.1) is 0 Å². The second-order valence-electron chi connectivity index (χ2n) is 8.42. The molecule has 1 aromatic heterocycles. The van der Waals surface area contributed by atoms with E-state index in [1.165, 1.54) is 0 Å². The average Bonchev–Trinajstić information content (AvgIpc) is 3.11. The summed E-state index contributed by atoms with van der Waals surface area (Å²) in [6.07, 6.45) is 0.691. The van der Waals surface area contributed by atoms with Crippen LogP contribution in [0.5, 0.6) is 0 Å². The van der Waals surface area contributed by atoms with Crippen LogP contribution in [0.1, 0.15) is 39.8 Å². The number of para-hydroxylation sites is 1. The fourth-order valence-corrected chi connectivity index (χ4v) is 3.16. The van der Waals surface area contributed by atoms with Crippen molar-refractivity contribution in [3.63, 3.8) is 0 Å². The van der Waals surface area contributed by atoms with Gasteiger partial charge in [-0.05, 0) is 25.5 Å². The van der Waals surface area contributed by atoms with E-state index in [0.29, 0.717) is 18.8 Å². The molecule has 0 aliphatic carbocycles. The molecule has 1 fully saturated rings. The summed E-state index contributed by atoms with van der Waals surface area (Å²) in [5.41, 5.74) is 1.00. The van der Waals surface area contributed by atoms with Crippen molar-refractivity contribution < 1.29 is 9.90 Å². The Bertz CT molecular complexity index is 775. The quantitative estimate of drug-likeness (QED) is 0.883. The Balaban J connectivity index is 1.80. The molecule has 1 aromatic carbocycles. The first-order chi connectivity index (χ1) is 12.1. The highest BCUT2D eigenvalue weighted by atomic mass is 16.3. The molecule has 6 nitrogen and oxygen atoms in total. The minimum absolute atomic E-state index is 0.0970. The number of hydrogen-bond donors (Lipinski definition) is 2. The van der Waals surface area contributed by atoms with E-state index in [4.69, 9.17) is 5.10 Å². The molecule has 1 unspecified atom stereocenters. The molecule has 1 saturated heterocycles. The monoisotopic (exact) mass is 356 g/mol. The standard InChI is InChI=1S/C20H28N4O2/c1-19(2,3)16-12-17(24(22-16)15-8-6-5-7-9-15)21-18(25)13-23-11-10-20(4,26)14-23/h5-9,12,26H,10-11,13-14H2,1-4H3,(H,21,25). The van der Waals surface area contributed by atoms with Crippen LogP contribution in [-0.4, -0.2) is 50.9 Å². The summed E-state index contributed by atoms with van der Waals surface area (Å²) in [7, 11) is 0. The van der Waals surface area contributed by atoms with Crippen LogP contribution in [0.15, 0.2) is 36.4 Å². The van der Waals surface area contributed by atoms with E-state index < -0.39 is 5.60 Å². The molecule has 1 amide bonds. The van der Waals surface area contributed by atoms with Gasteiger partial charge in [0.15, 0.2) is 0 Å². The third-order valence-electron chi connectivity index (χ3n) is 4.64. The van der Waals surface area contributed by atoms with Crippen LogP contribution >= 0.6 is 0 Å². The van der Waals surface area contributed by atoms with Crippen molar-refractivity contribution >= 4 is 11.7 Å². The van der Waals surface area contributed by atoms with Crippen LogP contribution in [0.3, 0.4) is 0 Å². The first kappa shape index (κ1) is 18.6. The maximum absolute atomic E-state index is 12.5. The van der Waals surface area contributed by atoms with E-state index in [2.05, 4.69) is 26.1 Å².